The molecule has 0 atom stereocenters. The molecule has 1 N–H and O–H groups in total. The van der Waals surface area contributed by atoms with Gasteiger partial charge in [0.2, 0.25) is 0 Å². The first-order valence-electron chi connectivity index (χ1n) is 4.58. The molecule has 0 radical (unpaired) electrons. The number of rotatable bonds is 3. The Morgan fingerprint density at radius 2 is 1.92 bits per heavy atom. The van der Waals surface area contributed by atoms with E-state index < -0.39 is 0 Å². The summed E-state index contributed by atoms with van der Waals surface area (Å²) in [5, 5.41) is 3.19. The van der Waals surface area contributed by atoms with E-state index in [1.807, 2.05) is 7.05 Å². The van der Waals surface area contributed by atoms with Gasteiger partial charge in [-0.05, 0) is 31.0 Å². The molecule has 1 nitrogen and oxygen atoms in total. The largest absolute Gasteiger partial charge is 0.316 e. The molecule has 1 aliphatic rings. The van der Waals surface area contributed by atoms with Gasteiger partial charge in [0.25, 0.3) is 0 Å². The highest BCUT2D eigenvalue weighted by Crippen LogP contribution is 2.15. The van der Waals surface area contributed by atoms with Gasteiger partial charge in [0, 0.05) is 6.54 Å². The summed E-state index contributed by atoms with van der Waals surface area (Å²) in [6, 6.07) is 0. The van der Waals surface area contributed by atoms with E-state index in [-0.39, 0.29) is 0 Å². The van der Waals surface area contributed by atoms with Crippen molar-refractivity contribution in [2.45, 2.75) is 19.8 Å². The lowest BCUT2D eigenvalue weighted by molar-refractivity contribution is 0.882. The zero-order chi connectivity index (χ0) is 8.81. The SMILES string of the molecule is CCC1=C(CNC)C=CCC=C1. The van der Waals surface area contributed by atoms with E-state index in [1.165, 1.54) is 11.1 Å². The summed E-state index contributed by atoms with van der Waals surface area (Å²) in [5.41, 5.74) is 2.88. The molecule has 0 unspecified atom stereocenters. The molecule has 0 bridgehead atoms. The van der Waals surface area contributed by atoms with Gasteiger partial charge >= 0.3 is 0 Å². The third-order valence-electron chi connectivity index (χ3n) is 2.07. The van der Waals surface area contributed by atoms with Crippen LogP contribution in [0.1, 0.15) is 19.8 Å². The molecule has 0 amide bonds. The van der Waals surface area contributed by atoms with Crippen molar-refractivity contribution >= 4 is 0 Å². The maximum absolute atomic E-state index is 3.19. The third kappa shape index (κ3) is 2.35. The molecule has 0 aromatic heterocycles. The summed E-state index contributed by atoms with van der Waals surface area (Å²) in [6.07, 6.45) is 11.1. The van der Waals surface area contributed by atoms with Crippen LogP contribution in [0.25, 0.3) is 0 Å². The Labute approximate surface area is 74.9 Å². The normalized spacial score (nSPS) is 16.8. The summed E-state index contributed by atoms with van der Waals surface area (Å²) in [5.74, 6) is 0. The highest BCUT2D eigenvalue weighted by Gasteiger charge is 1.99. The molecular formula is C11H17N. The van der Waals surface area contributed by atoms with Crippen LogP contribution in [-0.2, 0) is 0 Å². The average Bonchev–Trinajstić information content (AvgIpc) is 2.30. The molecule has 1 rings (SSSR count). The molecule has 0 saturated carbocycles. The van der Waals surface area contributed by atoms with Crippen molar-refractivity contribution in [1.29, 1.82) is 0 Å². The van der Waals surface area contributed by atoms with Crippen molar-refractivity contribution in [3.8, 4) is 0 Å². The van der Waals surface area contributed by atoms with Crippen LogP contribution in [0.2, 0.25) is 0 Å². The van der Waals surface area contributed by atoms with E-state index in [9.17, 15) is 0 Å². The summed E-state index contributed by atoms with van der Waals surface area (Å²) < 4.78 is 0. The lowest BCUT2D eigenvalue weighted by atomic mass is 10.1. The van der Waals surface area contributed by atoms with Crippen molar-refractivity contribution < 1.29 is 0 Å². The zero-order valence-electron chi connectivity index (χ0n) is 7.93. The van der Waals surface area contributed by atoms with Gasteiger partial charge in [-0.2, -0.15) is 0 Å². The van der Waals surface area contributed by atoms with Gasteiger partial charge in [-0.1, -0.05) is 31.2 Å². The molecule has 0 saturated heterocycles. The Balaban J connectivity index is 2.82. The second-order valence-electron chi connectivity index (χ2n) is 2.97. The predicted molar refractivity (Wildman–Crippen MR) is 54.1 cm³/mol. The lowest BCUT2D eigenvalue weighted by Crippen LogP contribution is -2.10. The fourth-order valence-electron chi connectivity index (χ4n) is 1.42. The van der Waals surface area contributed by atoms with E-state index in [4.69, 9.17) is 0 Å². The van der Waals surface area contributed by atoms with E-state index in [1.54, 1.807) is 0 Å². The molecule has 1 heteroatoms. The number of likely N-dealkylation sites (N-methyl/N-ethyl adjacent to an activating group) is 1. The first-order valence-corrected chi connectivity index (χ1v) is 4.58. The lowest BCUT2D eigenvalue weighted by Gasteiger charge is -2.05. The monoisotopic (exact) mass is 163 g/mol. The number of hydrogen-bond acceptors (Lipinski definition) is 1. The number of nitrogens with one attached hydrogen (secondary N) is 1. The van der Waals surface area contributed by atoms with Crippen molar-refractivity contribution in [3.05, 3.63) is 35.5 Å². The van der Waals surface area contributed by atoms with Gasteiger partial charge in [0.15, 0.2) is 0 Å². The highest BCUT2D eigenvalue weighted by atomic mass is 14.8. The Morgan fingerprint density at radius 3 is 2.50 bits per heavy atom. The fourth-order valence-corrected chi connectivity index (χ4v) is 1.42. The van der Waals surface area contributed by atoms with Gasteiger partial charge in [0.1, 0.15) is 0 Å². The van der Waals surface area contributed by atoms with Gasteiger partial charge in [-0.25, -0.2) is 0 Å². The highest BCUT2D eigenvalue weighted by molar-refractivity contribution is 5.36. The van der Waals surface area contributed by atoms with E-state index in [2.05, 4.69) is 36.5 Å². The molecule has 0 spiro atoms. The topological polar surface area (TPSA) is 12.0 Å². The molecule has 66 valence electrons. The predicted octanol–water partition coefficient (Wildman–Crippen LogP) is 2.43. The molecule has 0 heterocycles. The van der Waals surface area contributed by atoms with Gasteiger partial charge in [0.05, 0.1) is 0 Å². The van der Waals surface area contributed by atoms with Crippen molar-refractivity contribution in [3.63, 3.8) is 0 Å². The van der Waals surface area contributed by atoms with E-state index in [0.717, 1.165) is 19.4 Å². The number of hydrogen-bond donors (Lipinski definition) is 1. The van der Waals surface area contributed by atoms with Crippen molar-refractivity contribution in [2.24, 2.45) is 0 Å². The van der Waals surface area contributed by atoms with Crippen LogP contribution in [0, 0.1) is 0 Å². The minimum Gasteiger partial charge on any atom is -0.316 e. The second kappa shape index (κ2) is 4.94. The maximum atomic E-state index is 3.19. The summed E-state index contributed by atoms with van der Waals surface area (Å²) >= 11 is 0. The summed E-state index contributed by atoms with van der Waals surface area (Å²) in [7, 11) is 1.99. The molecule has 12 heavy (non-hydrogen) atoms. The molecule has 0 aromatic rings. The molecule has 0 fully saturated rings. The molecular weight excluding hydrogens is 146 g/mol. The second-order valence-corrected chi connectivity index (χ2v) is 2.97. The Morgan fingerprint density at radius 1 is 1.25 bits per heavy atom. The van der Waals surface area contributed by atoms with Crippen LogP contribution in [0.4, 0.5) is 0 Å². The smallest absolute Gasteiger partial charge is 0.0205 e. The first-order chi connectivity index (χ1) is 5.88. The Bertz CT molecular complexity index is 221. The molecule has 0 aromatic carbocycles. The van der Waals surface area contributed by atoms with Gasteiger partial charge in [-0.15, -0.1) is 0 Å². The van der Waals surface area contributed by atoms with Gasteiger partial charge in [-0.3, -0.25) is 0 Å². The standard InChI is InChI=1S/C11H17N/c1-3-10-7-5-4-6-8-11(10)9-12-2/h5-8,12H,3-4,9H2,1-2H3. The van der Waals surface area contributed by atoms with Crippen LogP contribution in [0.15, 0.2) is 35.5 Å². The van der Waals surface area contributed by atoms with Crippen molar-refractivity contribution in [2.75, 3.05) is 13.6 Å². The molecule has 0 aliphatic heterocycles. The maximum Gasteiger partial charge on any atom is 0.0205 e. The third-order valence-corrected chi connectivity index (χ3v) is 2.07. The van der Waals surface area contributed by atoms with Crippen LogP contribution in [0.5, 0.6) is 0 Å². The first kappa shape index (κ1) is 9.27. The van der Waals surface area contributed by atoms with Crippen molar-refractivity contribution in [1.82, 2.24) is 5.32 Å². The van der Waals surface area contributed by atoms with Gasteiger partial charge < -0.3 is 5.32 Å². The fraction of sp³-hybridized carbons (Fsp3) is 0.455. The Kier molecular flexibility index (Phi) is 3.81. The quantitative estimate of drug-likeness (QED) is 0.673. The minimum atomic E-state index is 0.976. The average molecular weight is 163 g/mol. The molecule has 1 aliphatic carbocycles. The van der Waals surface area contributed by atoms with Crippen LogP contribution in [-0.4, -0.2) is 13.6 Å². The van der Waals surface area contributed by atoms with Crippen LogP contribution < -0.4 is 5.32 Å². The number of allylic oxidation sites excluding steroid dienone is 4. The van der Waals surface area contributed by atoms with Crippen LogP contribution >= 0.6 is 0 Å². The summed E-state index contributed by atoms with van der Waals surface area (Å²) in [6.45, 7) is 3.18. The van der Waals surface area contributed by atoms with E-state index >= 15 is 0 Å². The van der Waals surface area contributed by atoms with E-state index in [0.29, 0.717) is 0 Å². The van der Waals surface area contributed by atoms with Crippen LogP contribution in [0.3, 0.4) is 0 Å². The summed E-state index contributed by atoms with van der Waals surface area (Å²) in [4.78, 5) is 0. The zero-order valence-corrected chi connectivity index (χ0v) is 7.93. The minimum absolute atomic E-state index is 0.976. The Hall–Kier alpha value is -0.820.